The molecule has 1 atom stereocenters. The maximum atomic E-state index is 5.15. The SMILES string of the molecule is COc1ccc(C2CCNC2)s1. The van der Waals surface area contributed by atoms with Crippen molar-refractivity contribution in [3.63, 3.8) is 0 Å². The molecule has 0 bridgehead atoms. The molecule has 3 heteroatoms. The predicted octanol–water partition coefficient (Wildman–Crippen LogP) is 1.83. The van der Waals surface area contributed by atoms with Gasteiger partial charge in [0.2, 0.25) is 0 Å². The van der Waals surface area contributed by atoms with Crippen LogP contribution in [0.2, 0.25) is 0 Å². The number of hydrogen-bond acceptors (Lipinski definition) is 3. The summed E-state index contributed by atoms with van der Waals surface area (Å²) in [4.78, 5) is 1.46. The number of thiophene rings is 1. The molecule has 1 aliphatic heterocycles. The molecule has 0 amide bonds. The van der Waals surface area contributed by atoms with Crippen LogP contribution in [0.5, 0.6) is 5.06 Å². The summed E-state index contributed by atoms with van der Waals surface area (Å²) in [7, 11) is 1.72. The second-order valence-electron chi connectivity index (χ2n) is 3.05. The fourth-order valence-corrected chi connectivity index (χ4v) is 2.52. The van der Waals surface area contributed by atoms with Gasteiger partial charge in [0, 0.05) is 17.3 Å². The number of nitrogens with one attached hydrogen (secondary N) is 1. The molecule has 0 saturated carbocycles. The van der Waals surface area contributed by atoms with Gasteiger partial charge in [0.1, 0.15) is 0 Å². The van der Waals surface area contributed by atoms with Gasteiger partial charge >= 0.3 is 0 Å². The molecule has 1 unspecified atom stereocenters. The third-order valence-corrected chi connectivity index (χ3v) is 3.48. The van der Waals surface area contributed by atoms with Crippen molar-refractivity contribution in [3.8, 4) is 5.06 Å². The summed E-state index contributed by atoms with van der Waals surface area (Å²) < 4.78 is 5.15. The second kappa shape index (κ2) is 3.46. The van der Waals surface area contributed by atoms with Crippen molar-refractivity contribution in [2.24, 2.45) is 0 Å². The molecule has 1 N–H and O–H groups in total. The van der Waals surface area contributed by atoms with Crippen LogP contribution < -0.4 is 10.1 Å². The maximum absolute atomic E-state index is 5.15. The third-order valence-electron chi connectivity index (χ3n) is 2.27. The van der Waals surface area contributed by atoms with Crippen molar-refractivity contribution in [2.45, 2.75) is 12.3 Å². The Morgan fingerprint density at radius 3 is 3.08 bits per heavy atom. The predicted molar refractivity (Wildman–Crippen MR) is 51.1 cm³/mol. The Morgan fingerprint density at radius 1 is 1.58 bits per heavy atom. The minimum Gasteiger partial charge on any atom is -0.487 e. The summed E-state index contributed by atoms with van der Waals surface area (Å²) in [5.74, 6) is 0.721. The summed E-state index contributed by atoms with van der Waals surface area (Å²) in [6.07, 6.45) is 1.27. The maximum Gasteiger partial charge on any atom is 0.173 e. The smallest absolute Gasteiger partial charge is 0.173 e. The Labute approximate surface area is 76.6 Å². The summed E-state index contributed by atoms with van der Waals surface area (Å²) in [6.45, 7) is 2.29. The molecule has 1 saturated heterocycles. The Morgan fingerprint density at radius 2 is 2.50 bits per heavy atom. The van der Waals surface area contributed by atoms with Gasteiger partial charge in [-0.3, -0.25) is 0 Å². The van der Waals surface area contributed by atoms with E-state index < -0.39 is 0 Å². The van der Waals surface area contributed by atoms with Crippen molar-refractivity contribution in [1.82, 2.24) is 5.32 Å². The summed E-state index contributed by atoms with van der Waals surface area (Å²) in [6, 6.07) is 4.24. The van der Waals surface area contributed by atoms with Crippen molar-refractivity contribution in [2.75, 3.05) is 20.2 Å². The van der Waals surface area contributed by atoms with Gasteiger partial charge in [-0.1, -0.05) is 0 Å². The lowest BCUT2D eigenvalue weighted by Crippen LogP contribution is -2.07. The molecule has 66 valence electrons. The molecule has 1 aromatic rings. The summed E-state index contributed by atoms with van der Waals surface area (Å²) >= 11 is 1.77. The van der Waals surface area contributed by atoms with Gasteiger partial charge in [-0.2, -0.15) is 0 Å². The van der Waals surface area contributed by atoms with Crippen LogP contribution >= 0.6 is 11.3 Å². The monoisotopic (exact) mass is 183 g/mol. The first-order valence-corrected chi connectivity index (χ1v) is 5.06. The molecule has 1 aliphatic rings. The van der Waals surface area contributed by atoms with Crippen LogP contribution in [-0.2, 0) is 0 Å². The van der Waals surface area contributed by atoms with Gasteiger partial charge in [0.15, 0.2) is 5.06 Å². The van der Waals surface area contributed by atoms with Crippen LogP contribution in [0.3, 0.4) is 0 Å². The standard InChI is InChI=1S/C9H13NOS/c1-11-9-3-2-8(12-9)7-4-5-10-6-7/h2-3,7,10H,4-6H2,1H3. The van der Waals surface area contributed by atoms with Crippen molar-refractivity contribution in [3.05, 3.63) is 17.0 Å². The molecule has 0 aromatic carbocycles. The highest BCUT2D eigenvalue weighted by atomic mass is 32.1. The van der Waals surface area contributed by atoms with Gasteiger partial charge in [0.05, 0.1) is 7.11 Å². The van der Waals surface area contributed by atoms with Crippen LogP contribution in [0.4, 0.5) is 0 Å². The fourth-order valence-electron chi connectivity index (χ4n) is 1.56. The topological polar surface area (TPSA) is 21.3 Å². The molecule has 0 aliphatic carbocycles. The Kier molecular flexibility index (Phi) is 2.33. The van der Waals surface area contributed by atoms with E-state index in [-0.39, 0.29) is 0 Å². The quantitative estimate of drug-likeness (QED) is 0.755. The highest BCUT2D eigenvalue weighted by Crippen LogP contribution is 2.32. The van der Waals surface area contributed by atoms with Gasteiger partial charge < -0.3 is 10.1 Å². The number of rotatable bonds is 2. The van der Waals surface area contributed by atoms with Gasteiger partial charge in [-0.25, -0.2) is 0 Å². The minimum atomic E-state index is 0.721. The molecular formula is C9H13NOS. The van der Waals surface area contributed by atoms with Crippen molar-refractivity contribution < 1.29 is 4.74 Å². The first kappa shape index (κ1) is 8.08. The fraction of sp³-hybridized carbons (Fsp3) is 0.556. The van der Waals surface area contributed by atoms with Gasteiger partial charge in [-0.15, -0.1) is 11.3 Å². The van der Waals surface area contributed by atoms with Gasteiger partial charge in [-0.05, 0) is 25.1 Å². The zero-order chi connectivity index (χ0) is 8.39. The van der Waals surface area contributed by atoms with Crippen LogP contribution in [0.25, 0.3) is 0 Å². The Bertz CT molecular complexity index is 253. The first-order valence-electron chi connectivity index (χ1n) is 4.24. The molecular weight excluding hydrogens is 170 g/mol. The molecule has 0 radical (unpaired) electrons. The average Bonchev–Trinajstić information content (AvgIpc) is 2.75. The molecule has 2 rings (SSSR count). The lowest BCUT2D eigenvalue weighted by molar-refractivity contribution is 0.427. The number of methoxy groups -OCH3 is 1. The number of ether oxygens (including phenoxy) is 1. The van der Waals surface area contributed by atoms with E-state index in [1.807, 2.05) is 0 Å². The van der Waals surface area contributed by atoms with E-state index in [4.69, 9.17) is 4.74 Å². The molecule has 2 nitrogen and oxygen atoms in total. The normalized spacial score (nSPS) is 22.9. The lowest BCUT2D eigenvalue weighted by Gasteiger charge is -2.02. The summed E-state index contributed by atoms with van der Waals surface area (Å²) in [5, 5.41) is 4.39. The van der Waals surface area contributed by atoms with E-state index in [1.54, 1.807) is 18.4 Å². The van der Waals surface area contributed by atoms with E-state index in [0.717, 1.165) is 24.1 Å². The number of hydrogen-bond donors (Lipinski definition) is 1. The van der Waals surface area contributed by atoms with E-state index in [9.17, 15) is 0 Å². The lowest BCUT2D eigenvalue weighted by atomic mass is 10.1. The van der Waals surface area contributed by atoms with Crippen LogP contribution in [0.1, 0.15) is 17.2 Å². The zero-order valence-electron chi connectivity index (χ0n) is 7.17. The molecule has 1 fully saturated rings. The molecule has 12 heavy (non-hydrogen) atoms. The van der Waals surface area contributed by atoms with E-state index in [0.29, 0.717) is 0 Å². The average molecular weight is 183 g/mol. The van der Waals surface area contributed by atoms with Crippen LogP contribution in [0.15, 0.2) is 12.1 Å². The zero-order valence-corrected chi connectivity index (χ0v) is 7.99. The largest absolute Gasteiger partial charge is 0.487 e. The highest BCUT2D eigenvalue weighted by Gasteiger charge is 2.18. The second-order valence-corrected chi connectivity index (χ2v) is 4.13. The van der Waals surface area contributed by atoms with Crippen LogP contribution in [0, 0.1) is 0 Å². The van der Waals surface area contributed by atoms with Gasteiger partial charge in [0.25, 0.3) is 0 Å². The summed E-state index contributed by atoms with van der Waals surface area (Å²) in [5.41, 5.74) is 0. The van der Waals surface area contributed by atoms with Crippen molar-refractivity contribution in [1.29, 1.82) is 0 Å². The molecule has 0 spiro atoms. The molecule has 1 aromatic heterocycles. The Hall–Kier alpha value is -0.540. The first-order chi connectivity index (χ1) is 5.90. The minimum absolute atomic E-state index is 0.721. The highest BCUT2D eigenvalue weighted by molar-refractivity contribution is 7.13. The van der Waals surface area contributed by atoms with Crippen LogP contribution in [-0.4, -0.2) is 20.2 Å². The molecule has 2 heterocycles. The van der Waals surface area contributed by atoms with E-state index in [2.05, 4.69) is 17.4 Å². The van der Waals surface area contributed by atoms with E-state index >= 15 is 0 Å². The van der Waals surface area contributed by atoms with E-state index in [1.165, 1.54) is 11.3 Å². The Balaban J connectivity index is 2.11. The van der Waals surface area contributed by atoms with Crippen molar-refractivity contribution >= 4 is 11.3 Å². The third kappa shape index (κ3) is 1.47.